The number of rotatable bonds is 6. The minimum atomic E-state index is -0.606. The van der Waals surface area contributed by atoms with Gasteiger partial charge in [-0.25, -0.2) is 9.97 Å². The fraction of sp³-hybridized carbons (Fsp3) is 0.0909. The van der Waals surface area contributed by atoms with Crippen LogP contribution in [0.15, 0.2) is 77.9 Å². The normalized spacial score (nSPS) is 10.7. The highest BCUT2D eigenvalue weighted by Gasteiger charge is 2.20. The molecule has 0 aliphatic rings. The summed E-state index contributed by atoms with van der Waals surface area (Å²) in [6.07, 6.45) is 1.15. The third-order valence-electron chi connectivity index (χ3n) is 4.45. The molecule has 2 aromatic heterocycles. The minimum Gasteiger partial charge on any atom is -0.507 e. The lowest BCUT2D eigenvalue weighted by Crippen LogP contribution is -2.29. The largest absolute Gasteiger partial charge is 0.507 e. The van der Waals surface area contributed by atoms with Gasteiger partial charge in [0.05, 0.1) is 5.39 Å². The molecule has 8 heteroatoms. The molecule has 0 unspecified atom stereocenters. The third kappa shape index (κ3) is 3.97. The zero-order valence-electron chi connectivity index (χ0n) is 15.9. The molecule has 4 aromatic rings. The Bertz CT molecular complexity index is 1240. The van der Waals surface area contributed by atoms with Crippen LogP contribution < -0.4 is 15.7 Å². The fourth-order valence-electron chi connectivity index (χ4n) is 2.99. The number of aromatic hydroxyl groups is 1. The van der Waals surface area contributed by atoms with E-state index in [1.54, 1.807) is 0 Å². The number of hydrogen-bond donors (Lipinski definition) is 2. The molecule has 0 fully saturated rings. The second kappa shape index (κ2) is 8.44. The van der Waals surface area contributed by atoms with Gasteiger partial charge in [-0.05, 0) is 11.1 Å². The van der Waals surface area contributed by atoms with E-state index >= 15 is 0 Å². The summed E-state index contributed by atoms with van der Waals surface area (Å²) in [6.45, 7) is 0.399. The molecule has 2 aromatic carbocycles. The van der Waals surface area contributed by atoms with Crippen LogP contribution in [0.5, 0.6) is 5.75 Å². The van der Waals surface area contributed by atoms with Crippen molar-refractivity contribution in [1.29, 1.82) is 0 Å². The maximum Gasteiger partial charge on any atom is 0.288 e. The van der Waals surface area contributed by atoms with E-state index in [4.69, 9.17) is 4.84 Å². The van der Waals surface area contributed by atoms with Gasteiger partial charge in [-0.2, -0.15) is 0 Å². The van der Waals surface area contributed by atoms with Crippen LogP contribution in [0.1, 0.15) is 21.6 Å². The number of hydrogen-bond acceptors (Lipinski definition) is 6. The predicted octanol–water partition coefficient (Wildman–Crippen LogP) is 2.06. The van der Waals surface area contributed by atoms with Gasteiger partial charge < -0.3 is 15.3 Å². The second-order valence-electron chi connectivity index (χ2n) is 6.51. The van der Waals surface area contributed by atoms with E-state index < -0.39 is 11.5 Å². The molecular formula is C22H18N4O4. The Morgan fingerprint density at radius 1 is 1.00 bits per heavy atom. The number of nitrogens with one attached hydrogen (secondary N) is 1. The van der Waals surface area contributed by atoms with Crippen molar-refractivity contribution in [2.45, 2.75) is 13.2 Å². The highest BCUT2D eigenvalue weighted by molar-refractivity contribution is 6.05. The summed E-state index contributed by atoms with van der Waals surface area (Å²) >= 11 is 0. The van der Waals surface area contributed by atoms with Crippen LogP contribution in [0.3, 0.4) is 0 Å². The second-order valence-corrected chi connectivity index (χ2v) is 6.51. The Kier molecular flexibility index (Phi) is 5.38. The van der Waals surface area contributed by atoms with Crippen molar-refractivity contribution >= 4 is 16.9 Å². The highest BCUT2D eigenvalue weighted by atomic mass is 16.7. The first-order valence-corrected chi connectivity index (χ1v) is 9.22. The Labute approximate surface area is 171 Å². The van der Waals surface area contributed by atoms with Gasteiger partial charge in [-0.15, -0.1) is 4.73 Å². The smallest absolute Gasteiger partial charge is 0.288 e. The summed E-state index contributed by atoms with van der Waals surface area (Å²) < 4.78 is 0.956. The number of benzene rings is 2. The van der Waals surface area contributed by atoms with Crippen LogP contribution >= 0.6 is 0 Å². The maximum absolute atomic E-state index is 12.7. The zero-order chi connectivity index (χ0) is 20.9. The van der Waals surface area contributed by atoms with E-state index in [-0.39, 0.29) is 35.6 Å². The first-order valence-electron chi connectivity index (χ1n) is 9.22. The average molecular weight is 402 g/mol. The fourth-order valence-corrected chi connectivity index (χ4v) is 2.99. The lowest BCUT2D eigenvalue weighted by atomic mass is 10.2. The standard InChI is InChI=1S/C22H18N4O4/c27-17-11-18(28)26(30-13-16-9-5-2-6-10-16)21-19(17)20(24-14-25-21)22(29)23-12-15-7-3-1-4-8-15/h1-11,14,27H,12-13H2,(H,23,29). The average Bonchev–Trinajstić information content (AvgIpc) is 2.78. The van der Waals surface area contributed by atoms with Gasteiger partial charge >= 0.3 is 0 Å². The van der Waals surface area contributed by atoms with Gasteiger partial charge in [-0.3, -0.25) is 9.59 Å². The summed E-state index contributed by atoms with van der Waals surface area (Å²) in [5, 5.41) is 13.1. The van der Waals surface area contributed by atoms with Crippen molar-refractivity contribution in [2.24, 2.45) is 0 Å². The van der Waals surface area contributed by atoms with E-state index in [0.717, 1.165) is 28.3 Å². The summed E-state index contributed by atoms with van der Waals surface area (Å²) in [5.74, 6) is -0.894. The van der Waals surface area contributed by atoms with Crippen molar-refractivity contribution in [1.82, 2.24) is 20.0 Å². The van der Waals surface area contributed by atoms with Crippen LogP contribution in [0, 0.1) is 0 Å². The lowest BCUT2D eigenvalue weighted by molar-refractivity contribution is 0.0942. The van der Waals surface area contributed by atoms with Crippen LogP contribution in [-0.2, 0) is 13.2 Å². The highest BCUT2D eigenvalue weighted by Crippen LogP contribution is 2.23. The number of carbonyl (C=O) groups is 1. The molecule has 150 valence electrons. The van der Waals surface area contributed by atoms with Gasteiger partial charge in [0.1, 0.15) is 24.4 Å². The topological polar surface area (TPSA) is 106 Å². The number of aromatic nitrogens is 3. The van der Waals surface area contributed by atoms with Crippen molar-refractivity contribution < 1.29 is 14.7 Å². The van der Waals surface area contributed by atoms with Crippen molar-refractivity contribution in [3.05, 3.63) is 100 Å². The molecule has 0 atom stereocenters. The summed E-state index contributed by atoms with van der Waals surface area (Å²) in [5.41, 5.74) is 1.11. The van der Waals surface area contributed by atoms with E-state index in [9.17, 15) is 14.7 Å². The zero-order valence-corrected chi connectivity index (χ0v) is 15.9. The molecular weight excluding hydrogens is 384 g/mol. The van der Waals surface area contributed by atoms with Gasteiger partial charge in [0.25, 0.3) is 11.5 Å². The SMILES string of the molecule is O=C(NCc1ccccc1)c1ncnc2c1c(O)cc(=O)n2OCc1ccccc1. The molecule has 2 heterocycles. The Hall–Kier alpha value is -4.20. The molecule has 0 aliphatic carbocycles. The van der Waals surface area contributed by atoms with Crippen LogP contribution in [0.4, 0.5) is 0 Å². The summed E-state index contributed by atoms with van der Waals surface area (Å²) in [6, 6.07) is 19.7. The van der Waals surface area contributed by atoms with E-state index in [2.05, 4.69) is 15.3 Å². The Morgan fingerprint density at radius 3 is 2.37 bits per heavy atom. The van der Waals surface area contributed by atoms with Crippen molar-refractivity contribution in [3.63, 3.8) is 0 Å². The molecule has 30 heavy (non-hydrogen) atoms. The van der Waals surface area contributed by atoms with Gasteiger partial charge in [0, 0.05) is 12.6 Å². The Morgan fingerprint density at radius 2 is 1.67 bits per heavy atom. The molecule has 1 amide bonds. The van der Waals surface area contributed by atoms with E-state index in [1.165, 1.54) is 0 Å². The van der Waals surface area contributed by atoms with E-state index in [0.29, 0.717) is 0 Å². The molecule has 0 bridgehead atoms. The van der Waals surface area contributed by atoms with Crippen LogP contribution in [0.25, 0.3) is 11.0 Å². The van der Waals surface area contributed by atoms with Crippen molar-refractivity contribution in [3.8, 4) is 5.75 Å². The number of amides is 1. The molecule has 8 nitrogen and oxygen atoms in total. The lowest BCUT2D eigenvalue weighted by Gasteiger charge is -2.13. The summed E-state index contributed by atoms with van der Waals surface area (Å²) in [4.78, 5) is 38.8. The predicted molar refractivity (Wildman–Crippen MR) is 110 cm³/mol. The number of nitrogens with zero attached hydrogens (tertiary/aromatic N) is 3. The first-order chi connectivity index (χ1) is 14.6. The molecule has 0 aliphatic heterocycles. The number of pyridine rings is 1. The van der Waals surface area contributed by atoms with Crippen molar-refractivity contribution in [2.75, 3.05) is 0 Å². The van der Waals surface area contributed by atoms with Crippen LogP contribution in [0.2, 0.25) is 0 Å². The Balaban J connectivity index is 1.66. The molecule has 0 radical (unpaired) electrons. The minimum absolute atomic E-state index is 0.00999. The maximum atomic E-state index is 12.7. The third-order valence-corrected chi connectivity index (χ3v) is 4.45. The number of carbonyl (C=O) groups excluding carboxylic acids is 1. The molecule has 2 N–H and O–H groups in total. The first kappa shape index (κ1) is 19.1. The van der Waals surface area contributed by atoms with Crippen LogP contribution in [-0.4, -0.2) is 25.7 Å². The van der Waals surface area contributed by atoms with E-state index in [1.807, 2.05) is 60.7 Å². The number of fused-ring (bicyclic) bond motifs is 1. The molecule has 4 rings (SSSR count). The summed E-state index contributed by atoms with van der Waals surface area (Å²) in [7, 11) is 0. The molecule has 0 spiro atoms. The molecule has 0 saturated heterocycles. The quantitative estimate of drug-likeness (QED) is 0.511. The van der Waals surface area contributed by atoms with Gasteiger partial charge in [-0.1, -0.05) is 60.7 Å². The molecule has 0 saturated carbocycles. The monoisotopic (exact) mass is 402 g/mol. The van der Waals surface area contributed by atoms with Gasteiger partial charge in [0.2, 0.25) is 0 Å². The van der Waals surface area contributed by atoms with Gasteiger partial charge in [0.15, 0.2) is 5.65 Å².